The van der Waals surface area contributed by atoms with Gasteiger partial charge in [0.2, 0.25) is 0 Å². The van der Waals surface area contributed by atoms with Crippen LogP contribution in [0, 0.1) is 0 Å². The van der Waals surface area contributed by atoms with Crippen LogP contribution < -0.4 is 10.1 Å². The van der Waals surface area contributed by atoms with Crippen LogP contribution in [0.2, 0.25) is 25.7 Å². The van der Waals surface area contributed by atoms with Crippen molar-refractivity contribution >= 4 is 31.0 Å². The largest absolute Gasteiger partial charge is 0.483 e. The Kier molecular flexibility index (Phi) is 9.72. The summed E-state index contributed by atoms with van der Waals surface area (Å²) < 4.78 is 26.2. The Hall–Kier alpha value is -2.63. The third-order valence-corrected chi connectivity index (χ3v) is 10.5. The van der Waals surface area contributed by atoms with E-state index in [2.05, 4.69) is 36.1 Å². The van der Waals surface area contributed by atoms with Crippen molar-refractivity contribution in [1.82, 2.24) is 20.0 Å². The molecule has 238 valence electrons. The number of carbonyl (C=O) groups is 2. The number of amides is 2. The van der Waals surface area contributed by atoms with Gasteiger partial charge in [0.1, 0.15) is 18.1 Å². The lowest BCUT2D eigenvalue weighted by molar-refractivity contribution is -0.140. The zero-order valence-corrected chi connectivity index (χ0v) is 27.8. The highest BCUT2D eigenvalue weighted by Gasteiger charge is 2.38. The van der Waals surface area contributed by atoms with E-state index in [0.717, 1.165) is 73.4 Å². The molecule has 0 spiro atoms. The fraction of sp³-hybridized carbons (Fsp3) is 0.719. The highest BCUT2D eigenvalue weighted by molar-refractivity contribution is 6.76. The molecule has 10 nitrogen and oxygen atoms in total. The van der Waals surface area contributed by atoms with Crippen molar-refractivity contribution in [3.05, 3.63) is 23.9 Å². The van der Waals surface area contributed by atoms with Gasteiger partial charge in [-0.05, 0) is 82.9 Å². The number of rotatable bonds is 6. The molecule has 2 bridgehead atoms. The van der Waals surface area contributed by atoms with Crippen molar-refractivity contribution in [2.45, 2.75) is 121 Å². The average Bonchev–Trinajstić information content (AvgIpc) is 3.33. The number of hydrogen-bond acceptors (Lipinski definition) is 7. The Morgan fingerprint density at radius 2 is 1.91 bits per heavy atom. The molecule has 0 unspecified atom stereocenters. The first-order valence-electron chi connectivity index (χ1n) is 16.0. The number of aromatic nitrogens is 2. The molecule has 0 radical (unpaired) electrons. The summed E-state index contributed by atoms with van der Waals surface area (Å²) in [5.41, 5.74) is 1.48. The Balaban J connectivity index is 1.37. The SMILES string of the molecule is CC(C)(C)OC(=O)N[C@H]1CCCN2C(=O)COc3cc4c(cnn4COCC[Si](C)(C)C)cc3C3CCC(CC3)OC[C@@H]12. The van der Waals surface area contributed by atoms with Crippen LogP contribution in [0.1, 0.15) is 70.8 Å². The maximum Gasteiger partial charge on any atom is 0.407 e. The minimum Gasteiger partial charge on any atom is -0.483 e. The van der Waals surface area contributed by atoms with Crippen molar-refractivity contribution < 1.29 is 28.5 Å². The van der Waals surface area contributed by atoms with Gasteiger partial charge in [0.15, 0.2) is 6.61 Å². The van der Waals surface area contributed by atoms with Gasteiger partial charge in [-0.2, -0.15) is 5.10 Å². The van der Waals surface area contributed by atoms with E-state index in [-0.39, 0.29) is 30.7 Å². The first-order valence-corrected chi connectivity index (χ1v) is 19.7. The summed E-state index contributed by atoms with van der Waals surface area (Å²) in [5, 5.41) is 8.71. The molecule has 1 aromatic carbocycles. The van der Waals surface area contributed by atoms with Crippen molar-refractivity contribution in [2.75, 3.05) is 26.4 Å². The standard InChI is InChI=1S/C32H50N4O6Si/c1-32(2,3)42-31(38)34-26-8-7-13-35-28(26)19-40-24-11-9-22(10-12-24)25-16-23-18-33-36(21-39-14-15-43(4,5)6)27(23)17-29(25)41-20-30(35)37/h16-18,22,24,26,28H,7-15,19-21H2,1-6H3,(H,34,38)/t22?,24?,26-,28-/m0/s1. The van der Waals surface area contributed by atoms with Crippen LogP contribution in [-0.4, -0.2) is 84.9 Å². The summed E-state index contributed by atoms with van der Waals surface area (Å²) in [6, 6.07) is 4.79. The van der Waals surface area contributed by atoms with E-state index in [9.17, 15) is 9.59 Å². The molecule has 2 aromatic rings. The number of ether oxygens (including phenoxy) is 4. The van der Waals surface area contributed by atoms with Crippen LogP contribution in [0.5, 0.6) is 5.75 Å². The Labute approximate surface area is 256 Å². The van der Waals surface area contributed by atoms with Crippen LogP contribution in [-0.2, 0) is 25.7 Å². The lowest BCUT2D eigenvalue weighted by atomic mass is 9.82. The molecule has 4 aliphatic rings. The Morgan fingerprint density at radius 1 is 1.14 bits per heavy atom. The van der Waals surface area contributed by atoms with E-state index in [1.165, 1.54) is 0 Å². The highest BCUT2D eigenvalue weighted by Crippen LogP contribution is 2.41. The number of alkyl carbamates (subject to hydrolysis) is 1. The monoisotopic (exact) mass is 614 g/mol. The molecule has 6 rings (SSSR count). The summed E-state index contributed by atoms with van der Waals surface area (Å²) in [4.78, 5) is 28.2. The quantitative estimate of drug-likeness (QED) is 0.330. The number of piperidine rings is 1. The fourth-order valence-corrected chi connectivity index (χ4v) is 7.16. The maximum atomic E-state index is 13.7. The summed E-state index contributed by atoms with van der Waals surface area (Å²) in [6.07, 6.45) is 6.96. The van der Waals surface area contributed by atoms with Crippen LogP contribution in [0.3, 0.4) is 0 Å². The minimum absolute atomic E-state index is 0.0782. The molecular formula is C32H50N4O6Si. The van der Waals surface area contributed by atoms with E-state index in [1.54, 1.807) is 0 Å². The predicted octanol–water partition coefficient (Wildman–Crippen LogP) is 5.67. The fourth-order valence-electron chi connectivity index (χ4n) is 6.40. The average molecular weight is 615 g/mol. The first-order chi connectivity index (χ1) is 20.4. The lowest BCUT2D eigenvalue weighted by Crippen LogP contribution is -2.60. The second-order valence-corrected chi connectivity index (χ2v) is 20.2. The zero-order valence-electron chi connectivity index (χ0n) is 26.8. The molecule has 11 heteroatoms. The van der Waals surface area contributed by atoms with E-state index < -0.39 is 19.8 Å². The molecule has 4 heterocycles. The van der Waals surface area contributed by atoms with E-state index in [0.29, 0.717) is 25.8 Å². The second-order valence-electron chi connectivity index (χ2n) is 14.6. The van der Waals surface area contributed by atoms with Gasteiger partial charge in [-0.3, -0.25) is 4.79 Å². The number of carbonyl (C=O) groups excluding carboxylic acids is 2. The molecule has 1 saturated carbocycles. The number of nitrogens with one attached hydrogen (secondary N) is 1. The Bertz CT molecular complexity index is 1280. The smallest absolute Gasteiger partial charge is 0.407 e. The third-order valence-electron chi connectivity index (χ3n) is 8.75. The van der Waals surface area contributed by atoms with E-state index >= 15 is 0 Å². The topological polar surface area (TPSA) is 104 Å². The maximum absolute atomic E-state index is 13.7. The molecule has 2 amide bonds. The predicted molar refractivity (Wildman–Crippen MR) is 168 cm³/mol. The van der Waals surface area contributed by atoms with Gasteiger partial charge in [0.25, 0.3) is 5.91 Å². The van der Waals surface area contributed by atoms with Gasteiger partial charge in [0, 0.05) is 32.7 Å². The van der Waals surface area contributed by atoms with Crippen molar-refractivity contribution in [3.63, 3.8) is 0 Å². The van der Waals surface area contributed by atoms with Gasteiger partial charge in [0.05, 0.1) is 36.5 Å². The Morgan fingerprint density at radius 3 is 2.63 bits per heavy atom. The van der Waals surface area contributed by atoms with Gasteiger partial charge in [-0.15, -0.1) is 0 Å². The summed E-state index contributed by atoms with van der Waals surface area (Å²) in [6.45, 7) is 14.6. The second kappa shape index (κ2) is 13.2. The van der Waals surface area contributed by atoms with E-state index in [4.69, 9.17) is 18.9 Å². The van der Waals surface area contributed by atoms with Crippen LogP contribution in [0.4, 0.5) is 4.79 Å². The minimum atomic E-state index is -1.18. The molecule has 3 aliphatic heterocycles. The number of hydrogen-bond donors (Lipinski definition) is 1. The highest BCUT2D eigenvalue weighted by atomic mass is 28.3. The first kappa shape index (κ1) is 31.8. The molecule has 1 N–H and O–H groups in total. The van der Waals surface area contributed by atoms with Crippen molar-refractivity contribution in [3.8, 4) is 5.75 Å². The molecule has 1 aromatic heterocycles. The lowest BCUT2D eigenvalue weighted by Gasteiger charge is -2.42. The molecule has 43 heavy (non-hydrogen) atoms. The van der Waals surface area contributed by atoms with Crippen LogP contribution >= 0.6 is 0 Å². The van der Waals surface area contributed by atoms with Gasteiger partial charge >= 0.3 is 6.09 Å². The molecular weight excluding hydrogens is 564 g/mol. The number of nitrogens with zero attached hydrogens (tertiary/aromatic N) is 3. The van der Waals surface area contributed by atoms with Gasteiger partial charge < -0.3 is 29.2 Å². The molecule has 2 atom stereocenters. The molecule has 1 saturated heterocycles. The van der Waals surface area contributed by atoms with Gasteiger partial charge in [-0.25, -0.2) is 9.48 Å². The van der Waals surface area contributed by atoms with Crippen LogP contribution in [0.15, 0.2) is 18.3 Å². The van der Waals surface area contributed by atoms with Crippen molar-refractivity contribution in [1.29, 1.82) is 0 Å². The zero-order chi connectivity index (χ0) is 30.8. The normalized spacial score (nSPS) is 25.2. The summed E-state index contributed by atoms with van der Waals surface area (Å²) >= 11 is 0. The number of fused-ring (bicyclic) bond motifs is 6. The molecule has 2 fully saturated rings. The van der Waals surface area contributed by atoms with Gasteiger partial charge in [-0.1, -0.05) is 19.6 Å². The molecule has 1 aliphatic carbocycles. The third kappa shape index (κ3) is 8.30. The summed E-state index contributed by atoms with van der Waals surface area (Å²) in [5.74, 6) is 0.964. The van der Waals surface area contributed by atoms with Crippen LogP contribution in [0.25, 0.3) is 10.9 Å². The van der Waals surface area contributed by atoms with E-state index in [1.807, 2.05) is 42.6 Å². The van der Waals surface area contributed by atoms with Crippen molar-refractivity contribution in [2.24, 2.45) is 0 Å². The number of benzene rings is 1. The summed E-state index contributed by atoms with van der Waals surface area (Å²) in [7, 11) is -1.18.